The molecule has 0 bridgehead atoms. The van der Waals surface area contributed by atoms with Crippen LogP contribution in [0.4, 0.5) is 5.69 Å². The number of Topliss-reactive ketones (excluding diaryl/α,β-unsaturated/α-hetero) is 1. The molecule has 0 saturated heterocycles. The highest BCUT2D eigenvalue weighted by molar-refractivity contribution is 9.10. The van der Waals surface area contributed by atoms with Gasteiger partial charge in [-0.2, -0.15) is 0 Å². The van der Waals surface area contributed by atoms with Crippen LogP contribution in [0.25, 0.3) is 0 Å². The fraction of sp³-hybridized carbons (Fsp3) is 0.333. The molecule has 1 rings (SSSR count). The number of ether oxygens (including phenoxy) is 2. The van der Waals surface area contributed by atoms with Gasteiger partial charge in [0, 0.05) is 10.5 Å². The lowest BCUT2D eigenvalue weighted by atomic mass is 10.1. The second-order valence-corrected chi connectivity index (χ2v) is 4.62. The summed E-state index contributed by atoms with van der Waals surface area (Å²) >= 11 is 3.08. The van der Waals surface area contributed by atoms with Gasteiger partial charge in [0.2, 0.25) is 5.75 Å². The predicted molar refractivity (Wildman–Crippen MR) is 72.9 cm³/mol. The third kappa shape index (κ3) is 4.02. The van der Waals surface area contributed by atoms with Gasteiger partial charge in [0.25, 0.3) is 0 Å². The van der Waals surface area contributed by atoms with E-state index in [-0.39, 0.29) is 17.9 Å². The fourth-order valence-electron chi connectivity index (χ4n) is 1.46. The minimum Gasteiger partial charge on any atom is -0.474 e. The molecule has 1 aromatic carbocycles. The highest BCUT2D eigenvalue weighted by atomic mass is 79.9. The Hall–Kier alpha value is -1.96. The molecule has 0 atom stereocenters. The van der Waals surface area contributed by atoms with Crippen molar-refractivity contribution in [3.05, 3.63) is 32.3 Å². The first-order valence-corrected chi connectivity index (χ1v) is 6.43. The Bertz CT molecular complexity index is 522. The van der Waals surface area contributed by atoms with E-state index in [0.717, 1.165) is 0 Å². The maximum absolute atomic E-state index is 11.5. The van der Waals surface area contributed by atoms with Crippen LogP contribution in [0.2, 0.25) is 0 Å². The molecular weight excluding hydrogens is 334 g/mol. The van der Waals surface area contributed by atoms with Crippen LogP contribution in [-0.2, 0) is 9.53 Å². The fourth-order valence-corrected chi connectivity index (χ4v) is 1.91. The molecule has 0 amide bonds. The SMILES string of the molecule is CCOC(=O)COc1c(C(C)=O)cc(Br)cc1[N+](=O)[O-]. The molecule has 108 valence electrons. The molecule has 0 spiro atoms. The van der Waals surface area contributed by atoms with Crippen molar-refractivity contribution in [2.24, 2.45) is 0 Å². The monoisotopic (exact) mass is 345 g/mol. The third-order valence-electron chi connectivity index (χ3n) is 2.25. The van der Waals surface area contributed by atoms with Gasteiger partial charge in [-0.3, -0.25) is 14.9 Å². The van der Waals surface area contributed by atoms with Crippen LogP contribution in [-0.4, -0.2) is 29.9 Å². The smallest absolute Gasteiger partial charge is 0.344 e. The topological polar surface area (TPSA) is 95.7 Å². The zero-order chi connectivity index (χ0) is 15.3. The minimum absolute atomic E-state index is 0.0235. The summed E-state index contributed by atoms with van der Waals surface area (Å²) < 4.78 is 10.1. The number of hydrogen-bond donors (Lipinski definition) is 0. The predicted octanol–water partition coefficient (Wildman–Crippen LogP) is 2.50. The molecule has 8 heteroatoms. The van der Waals surface area contributed by atoms with Crippen molar-refractivity contribution in [3.8, 4) is 5.75 Å². The van der Waals surface area contributed by atoms with Crippen LogP contribution in [0.5, 0.6) is 5.75 Å². The molecule has 0 radical (unpaired) electrons. The zero-order valence-electron chi connectivity index (χ0n) is 10.8. The zero-order valence-corrected chi connectivity index (χ0v) is 12.4. The number of ketones is 1. The quantitative estimate of drug-likeness (QED) is 0.340. The Morgan fingerprint density at radius 1 is 1.40 bits per heavy atom. The van der Waals surface area contributed by atoms with E-state index in [9.17, 15) is 19.7 Å². The summed E-state index contributed by atoms with van der Waals surface area (Å²) in [6.45, 7) is 2.55. The van der Waals surface area contributed by atoms with E-state index in [1.54, 1.807) is 6.92 Å². The lowest BCUT2D eigenvalue weighted by molar-refractivity contribution is -0.385. The summed E-state index contributed by atoms with van der Waals surface area (Å²) in [5, 5.41) is 11.0. The van der Waals surface area contributed by atoms with Crippen molar-refractivity contribution in [2.45, 2.75) is 13.8 Å². The summed E-state index contributed by atoms with van der Waals surface area (Å²) in [5.41, 5.74) is -0.371. The van der Waals surface area contributed by atoms with Gasteiger partial charge in [0.1, 0.15) is 0 Å². The first kappa shape index (κ1) is 16.1. The number of nitro groups is 1. The van der Waals surface area contributed by atoms with Crippen LogP contribution in [0.15, 0.2) is 16.6 Å². The van der Waals surface area contributed by atoms with Gasteiger partial charge in [-0.15, -0.1) is 0 Å². The molecular formula is C12H12BrNO6. The van der Waals surface area contributed by atoms with E-state index >= 15 is 0 Å². The molecule has 20 heavy (non-hydrogen) atoms. The van der Waals surface area contributed by atoms with Crippen molar-refractivity contribution < 1.29 is 24.0 Å². The van der Waals surface area contributed by atoms with E-state index in [2.05, 4.69) is 20.7 Å². The van der Waals surface area contributed by atoms with Gasteiger partial charge in [-0.05, 0) is 19.9 Å². The van der Waals surface area contributed by atoms with Gasteiger partial charge < -0.3 is 9.47 Å². The lowest BCUT2D eigenvalue weighted by Gasteiger charge is -2.10. The van der Waals surface area contributed by atoms with E-state index in [4.69, 9.17) is 4.74 Å². The summed E-state index contributed by atoms with van der Waals surface area (Å²) in [6.07, 6.45) is 0. The number of halogens is 1. The summed E-state index contributed by atoms with van der Waals surface area (Å²) in [4.78, 5) is 33.1. The first-order chi connectivity index (χ1) is 9.36. The van der Waals surface area contributed by atoms with E-state index in [1.165, 1.54) is 19.1 Å². The van der Waals surface area contributed by atoms with Crippen LogP contribution in [0.1, 0.15) is 24.2 Å². The molecule has 0 unspecified atom stereocenters. The van der Waals surface area contributed by atoms with Crippen LogP contribution in [0, 0.1) is 10.1 Å². The molecule has 0 fully saturated rings. The molecule has 0 saturated carbocycles. The van der Waals surface area contributed by atoms with Crippen molar-refractivity contribution in [1.29, 1.82) is 0 Å². The Morgan fingerprint density at radius 3 is 2.55 bits per heavy atom. The normalized spacial score (nSPS) is 9.95. The van der Waals surface area contributed by atoms with Gasteiger partial charge in [0.15, 0.2) is 12.4 Å². The maximum Gasteiger partial charge on any atom is 0.344 e. The molecule has 0 aromatic heterocycles. The van der Waals surface area contributed by atoms with Gasteiger partial charge in [-0.25, -0.2) is 4.79 Å². The first-order valence-electron chi connectivity index (χ1n) is 5.64. The third-order valence-corrected chi connectivity index (χ3v) is 2.71. The van der Waals surface area contributed by atoms with Gasteiger partial charge >= 0.3 is 11.7 Å². The standard InChI is InChI=1S/C12H12BrNO6/c1-3-19-11(16)6-20-12-9(7(2)15)4-8(13)5-10(12)14(17)18/h4-5H,3,6H2,1-2H3. The molecule has 0 heterocycles. The van der Waals surface area contributed by atoms with Crippen LogP contribution in [0.3, 0.4) is 0 Å². The molecule has 0 aliphatic heterocycles. The van der Waals surface area contributed by atoms with Crippen molar-refractivity contribution in [3.63, 3.8) is 0 Å². The average molecular weight is 346 g/mol. The highest BCUT2D eigenvalue weighted by Gasteiger charge is 2.24. The number of hydrogen-bond acceptors (Lipinski definition) is 6. The van der Waals surface area contributed by atoms with Crippen LogP contribution < -0.4 is 4.74 Å². The van der Waals surface area contributed by atoms with Crippen molar-refractivity contribution >= 4 is 33.4 Å². The van der Waals surface area contributed by atoms with E-state index in [0.29, 0.717) is 4.47 Å². The Morgan fingerprint density at radius 2 is 2.05 bits per heavy atom. The lowest BCUT2D eigenvalue weighted by Crippen LogP contribution is -2.16. The second-order valence-electron chi connectivity index (χ2n) is 3.71. The van der Waals surface area contributed by atoms with Gasteiger partial charge in [0.05, 0.1) is 17.1 Å². The number of nitro benzene ring substituents is 1. The number of rotatable bonds is 6. The number of carbonyl (C=O) groups is 2. The molecule has 7 nitrogen and oxygen atoms in total. The molecule has 0 aliphatic carbocycles. The number of benzene rings is 1. The Kier molecular flexibility index (Phi) is 5.63. The molecule has 0 N–H and O–H groups in total. The van der Waals surface area contributed by atoms with Crippen LogP contribution >= 0.6 is 15.9 Å². The number of esters is 1. The van der Waals surface area contributed by atoms with E-state index in [1.807, 2.05) is 0 Å². The molecule has 0 aliphatic rings. The van der Waals surface area contributed by atoms with Crippen molar-refractivity contribution in [2.75, 3.05) is 13.2 Å². The summed E-state index contributed by atoms with van der Waals surface area (Å²) in [6, 6.07) is 2.60. The van der Waals surface area contributed by atoms with Crippen molar-refractivity contribution in [1.82, 2.24) is 0 Å². The number of nitrogens with zero attached hydrogens (tertiary/aromatic N) is 1. The average Bonchev–Trinajstić information content (AvgIpc) is 2.36. The van der Waals surface area contributed by atoms with Gasteiger partial charge in [-0.1, -0.05) is 15.9 Å². The summed E-state index contributed by atoms with van der Waals surface area (Å²) in [5.74, 6) is -1.31. The number of carbonyl (C=O) groups excluding carboxylic acids is 2. The minimum atomic E-state index is -0.683. The maximum atomic E-state index is 11.5. The largest absolute Gasteiger partial charge is 0.474 e. The van der Waals surface area contributed by atoms with E-state index < -0.39 is 29.0 Å². The molecule has 1 aromatic rings. The Balaban J connectivity index is 3.16. The Labute approximate surface area is 123 Å². The second kappa shape index (κ2) is 6.99. The summed E-state index contributed by atoms with van der Waals surface area (Å²) in [7, 11) is 0. The highest BCUT2D eigenvalue weighted by Crippen LogP contribution is 2.34.